The summed E-state index contributed by atoms with van der Waals surface area (Å²) in [7, 11) is -3.85. The molecule has 0 unspecified atom stereocenters. The number of nitrogens with two attached hydrogens (primary N) is 1. The molecule has 0 fully saturated rings. The van der Waals surface area contributed by atoms with Crippen molar-refractivity contribution in [1.82, 2.24) is 0 Å². The van der Waals surface area contributed by atoms with Crippen LogP contribution in [0.5, 0.6) is 0 Å². The number of hydrogen-bond acceptors (Lipinski definition) is 5. The third-order valence-corrected chi connectivity index (χ3v) is 4.91. The van der Waals surface area contributed by atoms with Crippen LogP contribution in [0.15, 0.2) is 58.3 Å². The number of carboxylic acid groups (broad SMARTS) is 1. The van der Waals surface area contributed by atoms with E-state index < -0.39 is 21.9 Å². The van der Waals surface area contributed by atoms with Crippen molar-refractivity contribution in [2.24, 2.45) is 5.14 Å². The van der Waals surface area contributed by atoms with Gasteiger partial charge in [-0.15, -0.1) is 11.8 Å². The molecule has 0 heterocycles. The molecule has 126 valence electrons. The number of hydrogen-bond donors (Lipinski definition) is 3. The number of thioether (sulfide) groups is 1. The Balaban J connectivity index is 2.04. The predicted molar refractivity (Wildman–Crippen MR) is 90.6 cm³/mol. The Bertz CT molecular complexity index is 881. The zero-order valence-corrected chi connectivity index (χ0v) is 13.9. The van der Waals surface area contributed by atoms with Crippen molar-refractivity contribution >= 4 is 39.3 Å². The molecule has 0 aliphatic carbocycles. The maximum Gasteiger partial charge on any atom is 0.336 e. The smallest absolute Gasteiger partial charge is 0.336 e. The number of rotatable bonds is 6. The Morgan fingerprint density at radius 2 is 1.83 bits per heavy atom. The van der Waals surface area contributed by atoms with Gasteiger partial charge >= 0.3 is 5.97 Å². The fourth-order valence-corrected chi connectivity index (χ4v) is 3.26. The van der Waals surface area contributed by atoms with Crippen molar-refractivity contribution in [2.45, 2.75) is 9.79 Å². The number of carbonyl (C=O) groups excluding carboxylic acids is 1. The van der Waals surface area contributed by atoms with Crippen LogP contribution >= 0.6 is 11.8 Å². The number of carbonyl (C=O) groups is 2. The van der Waals surface area contributed by atoms with Gasteiger partial charge < -0.3 is 10.4 Å². The largest absolute Gasteiger partial charge is 0.478 e. The number of amides is 1. The third-order valence-electron chi connectivity index (χ3n) is 2.92. The second kappa shape index (κ2) is 7.47. The lowest BCUT2D eigenvalue weighted by Crippen LogP contribution is -2.16. The number of anilines is 1. The van der Waals surface area contributed by atoms with Crippen LogP contribution in [0.4, 0.5) is 5.69 Å². The highest BCUT2D eigenvalue weighted by Crippen LogP contribution is 2.23. The summed E-state index contributed by atoms with van der Waals surface area (Å²) >= 11 is 1.08. The maximum absolute atomic E-state index is 12.0. The zero-order valence-electron chi connectivity index (χ0n) is 12.3. The summed E-state index contributed by atoms with van der Waals surface area (Å²) in [6.07, 6.45) is 0. The molecule has 24 heavy (non-hydrogen) atoms. The summed E-state index contributed by atoms with van der Waals surface area (Å²) in [6.45, 7) is 0. The van der Waals surface area contributed by atoms with Crippen molar-refractivity contribution in [3.8, 4) is 0 Å². The van der Waals surface area contributed by atoms with Crippen LogP contribution in [-0.4, -0.2) is 31.2 Å². The average Bonchev–Trinajstić information content (AvgIpc) is 2.52. The molecule has 0 saturated carbocycles. The first kappa shape index (κ1) is 18.0. The molecule has 0 aliphatic heterocycles. The highest BCUT2D eigenvalue weighted by molar-refractivity contribution is 8.00. The quantitative estimate of drug-likeness (QED) is 0.669. The predicted octanol–water partition coefficient (Wildman–Crippen LogP) is 1.76. The Labute approximate surface area is 142 Å². The van der Waals surface area contributed by atoms with Gasteiger partial charge in [0, 0.05) is 10.6 Å². The number of sulfonamides is 1. The normalized spacial score (nSPS) is 11.0. The van der Waals surface area contributed by atoms with E-state index in [2.05, 4.69) is 5.32 Å². The van der Waals surface area contributed by atoms with Gasteiger partial charge in [0.1, 0.15) is 0 Å². The molecule has 4 N–H and O–H groups in total. The van der Waals surface area contributed by atoms with Crippen LogP contribution in [-0.2, 0) is 14.8 Å². The topological polar surface area (TPSA) is 127 Å². The van der Waals surface area contributed by atoms with E-state index in [1.807, 2.05) is 0 Å². The third kappa shape index (κ3) is 4.82. The molecule has 7 nitrogen and oxygen atoms in total. The van der Waals surface area contributed by atoms with Crippen LogP contribution in [0.3, 0.4) is 0 Å². The van der Waals surface area contributed by atoms with Crippen molar-refractivity contribution in [3.05, 3.63) is 54.1 Å². The standard InChI is InChI=1S/C15H14N2O5S2/c16-24(21,22)11-5-3-4-10(8-11)17-14(18)9-23-13-7-2-1-6-12(13)15(19)20/h1-8H,9H2,(H,17,18)(H,19,20)(H2,16,21,22). The van der Waals surface area contributed by atoms with Gasteiger partial charge in [0.15, 0.2) is 0 Å². The van der Waals surface area contributed by atoms with Crippen LogP contribution in [0.2, 0.25) is 0 Å². The molecule has 0 aliphatic rings. The summed E-state index contributed by atoms with van der Waals surface area (Å²) in [5, 5.41) is 16.7. The first-order chi connectivity index (χ1) is 11.3. The maximum atomic E-state index is 12.0. The zero-order chi connectivity index (χ0) is 17.7. The van der Waals surface area contributed by atoms with E-state index in [1.165, 1.54) is 30.3 Å². The van der Waals surface area contributed by atoms with Crippen molar-refractivity contribution in [3.63, 3.8) is 0 Å². The molecule has 0 aromatic heterocycles. The van der Waals surface area contributed by atoms with Gasteiger partial charge in [-0.05, 0) is 30.3 Å². The molecule has 0 atom stereocenters. The minimum atomic E-state index is -3.85. The van der Waals surface area contributed by atoms with E-state index >= 15 is 0 Å². The van der Waals surface area contributed by atoms with Gasteiger partial charge in [0.05, 0.1) is 16.2 Å². The minimum absolute atomic E-state index is 0.0239. The van der Waals surface area contributed by atoms with E-state index in [0.717, 1.165) is 11.8 Å². The second-order valence-corrected chi connectivity index (χ2v) is 7.29. The van der Waals surface area contributed by atoms with Gasteiger partial charge in [0.25, 0.3) is 0 Å². The number of carboxylic acids is 1. The van der Waals surface area contributed by atoms with Crippen molar-refractivity contribution < 1.29 is 23.1 Å². The summed E-state index contributed by atoms with van der Waals surface area (Å²) in [4.78, 5) is 23.4. The van der Waals surface area contributed by atoms with Crippen LogP contribution in [0.1, 0.15) is 10.4 Å². The molecular weight excluding hydrogens is 352 g/mol. The first-order valence-electron chi connectivity index (χ1n) is 6.65. The molecule has 0 spiro atoms. The molecule has 0 saturated heterocycles. The SMILES string of the molecule is NS(=O)(=O)c1cccc(NC(=O)CSc2ccccc2C(=O)O)c1. The lowest BCUT2D eigenvalue weighted by molar-refractivity contribution is -0.113. The molecule has 2 rings (SSSR count). The van der Waals surface area contributed by atoms with Crippen LogP contribution < -0.4 is 10.5 Å². The summed E-state index contributed by atoms with van der Waals surface area (Å²) < 4.78 is 22.6. The fourth-order valence-electron chi connectivity index (χ4n) is 1.86. The van der Waals surface area contributed by atoms with Crippen LogP contribution in [0, 0.1) is 0 Å². The van der Waals surface area contributed by atoms with E-state index in [0.29, 0.717) is 10.6 Å². The Kier molecular flexibility index (Phi) is 5.60. The second-order valence-electron chi connectivity index (χ2n) is 4.71. The van der Waals surface area contributed by atoms with Gasteiger partial charge in [0.2, 0.25) is 15.9 Å². The Hall–Kier alpha value is -2.36. The van der Waals surface area contributed by atoms with E-state index in [4.69, 9.17) is 10.2 Å². The first-order valence-corrected chi connectivity index (χ1v) is 9.18. The number of primary sulfonamides is 1. The molecule has 0 radical (unpaired) electrons. The van der Waals surface area contributed by atoms with E-state index in [-0.39, 0.29) is 16.2 Å². The van der Waals surface area contributed by atoms with Crippen LogP contribution in [0.25, 0.3) is 0 Å². The highest BCUT2D eigenvalue weighted by Gasteiger charge is 2.12. The highest BCUT2D eigenvalue weighted by atomic mass is 32.2. The van der Waals surface area contributed by atoms with E-state index in [9.17, 15) is 18.0 Å². The molecule has 0 bridgehead atoms. The number of benzene rings is 2. The number of nitrogens with one attached hydrogen (secondary N) is 1. The minimum Gasteiger partial charge on any atom is -0.478 e. The summed E-state index contributed by atoms with van der Waals surface area (Å²) in [5.74, 6) is -1.49. The Morgan fingerprint density at radius 1 is 1.12 bits per heavy atom. The summed E-state index contributed by atoms with van der Waals surface area (Å²) in [6, 6.07) is 11.9. The fraction of sp³-hybridized carbons (Fsp3) is 0.0667. The van der Waals surface area contributed by atoms with Gasteiger partial charge in [-0.1, -0.05) is 18.2 Å². The lowest BCUT2D eigenvalue weighted by atomic mass is 10.2. The monoisotopic (exact) mass is 366 g/mol. The molecule has 2 aromatic rings. The van der Waals surface area contributed by atoms with Crippen molar-refractivity contribution in [2.75, 3.05) is 11.1 Å². The number of aromatic carboxylic acids is 1. The van der Waals surface area contributed by atoms with Gasteiger partial charge in [-0.25, -0.2) is 18.4 Å². The molecular formula is C15H14N2O5S2. The molecule has 2 aromatic carbocycles. The average molecular weight is 366 g/mol. The van der Waals surface area contributed by atoms with E-state index in [1.54, 1.807) is 18.2 Å². The van der Waals surface area contributed by atoms with Gasteiger partial charge in [-0.3, -0.25) is 4.79 Å². The Morgan fingerprint density at radius 3 is 2.50 bits per heavy atom. The van der Waals surface area contributed by atoms with Crippen molar-refractivity contribution in [1.29, 1.82) is 0 Å². The van der Waals surface area contributed by atoms with Gasteiger partial charge in [-0.2, -0.15) is 0 Å². The molecule has 9 heteroatoms. The summed E-state index contributed by atoms with van der Waals surface area (Å²) in [5.41, 5.74) is 0.408. The lowest BCUT2D eigenvalue weighted by Gasteiger charge is -2.08. The molecule has 1 amide bonds.